The lowest BCUT2D eigenvalue weighted by molar-refractivity contribution is -0.117. The smallest absolute Gasteiger partial charge is 0.238 e. The molecule has 2 aromatic rings. The Morgan fingerprint density at radius 3 is 2.79 bits per heavy atom. The first-order valence-corrected chi connectivity index (χ1v) is 11.3. The summed E-state index contributed by atoms with van der Waals surface area (Å²) in [6, 6.07) is 6.92. The van der Waals surface area contributed by atoms with Gasteiger partial charge in [0.1, 0.15) is 0 Å². The van der Waals surface area contributed by atoms with Crippen LogP contribution in [0.15, 0.2) is 24.3 Å². The molecule has 1 aromatic carbocycles. The van der Waals surface area contributed by atoms with Crippen molar-refractivity contribution in [1.29, 1.82) is 0 Å². The number of hydrogen-bond acceptors (Lipinski definition) is 5. The van der Waals surface area contributed by atoms with Gasteiger partial charge in [-0.15, -0.1) is 0 Å². The van der Waals surface area contributed by atoms with Crippen molar-refractivity contribution >= 4 is 33.0 Å². The summed E-state index contributed by atoms with van der Waals surface area (Å²) in [5, 5.41) is 7.98. The molecule has 7 nitrogen and oxygen atoms in total. The summed E-state index contributed by atoms with van der Waals surface area (Å²) in [6.45, 7) is 4.65. The highest BCUT2D eigenvalue weighted by Crippen LogP contribution is 2.27. The first kappa shape index (κ1) is 20.8. The molecule has 2 heterocycles. The van der Waals surface area contributed by atoms with E-state index in [4.69, 9.17) is 11.6 Å². The zero-order chi connectivity index (χ0) is 20.5. The Morgan fingerprint density at radius 2 is 2.14 bits per heavy atom. The van der Waals surface area contributed by atoms with E-state index in [0.717, 1.165) is 17.0 Å². The number of nitrogens with one attached hydrogen (secondary N) is 1. The molecule has 0 saturated carbocycles. The molecule has 1 amide bonds. The molecule has 9 heteroatoms. The maximum atomic E-state index is 12.3. The zero-order valence-electron chi connectivity index (χ0n) is 16.3. The molecule has 1 aliphatic rings. The number of nitrogens with zero attached hydrogens (tertiary/aromatic N) is 3. The highest BCUT2D eigenvalue weighted by Gasteiger charge is 2.31. The van der Waals surface area contributed by atoms with E-state index in [1.54, 1.807) is 24.3 Å². The van der Waals surface area contributed by atoms with Crippen molar-refractivity contribution in [2.45, 2.75) is 32.9 Å². The Kier molecular flexibility index (Phi) is 6.12. The van der Waals surface area contributed by atoms with Gasteiger partial charge in [0.15, 0.2) is 9.84 Å². The van der Waals surface area contributed by atoms with E-state index in [2.05, 4.69) is 10.4 Å². The predicted molar refractivity (Wildman–Crippen MR) is 110 cm³/mol. The SMILES string of the molecule is Cc1nn([C@@H]2CCS(=O)(=O)C2)c(C)c1CN(C)CC(=O)Nc1cccc(Cl)c1. The van der Waals surface area contributed by atoms with E-state index >= 15 is 0 Å². The molecule has 1 aliphatic heterocycles. The Morgan fingerprint density at radius 1 is 1.39 bits per heavy atom. The van der Waals surface area contributed by atoms with Crippen molar-refractivity contribution in [3.8, 4) is 0 Å². The Hall–Kier alpha value is -1.90. The molecule has 0 spiro atoms. The summed E-state index contributed by atoms with van der Waals surface area (Å²) in [5.41, 5.74) is 3.52. The molecule has 152 valence electrons. The fourth-order valence-corrected chi connectivity index (χ4v) is 5.47. The van der Waals surface area contributed by atoms with Gasteiger partial charge in [0, 0.05) is 28.5 Å². The number of benzene rings is 1. The average molecular weight is 425 g/mol. The topological polar surface area (TPSA) is 84.3 Å². The van der Waals surface area contributed by atoms with Gasteiger partial charge in [0.05, 0.1) is 29.8 Å². The van der Waals surface area contributed by atoms with Gasteiger partial charge in [0.2, 0.25) is 5.91 Å². The highest BCUT2D eigenvalue weighted by molar-refractivity contribution is 7.91. The normalized spacial score (nSPS) is 18.5. The lowest BCUT2D eigenvalue weighted by atomic mass is 10.1. The van der Waals surface area contributed by atoms with Crippen LogP contribution in [-0.4, -0.2) is 54.1 Å². The number of halogens is 1. The van der Waals surface area contributed by atoms with Gasteiger partial charge in [0.25, 0.3) is 0 Å². The highest BCUT2D eigenvalue weighted by atomic mass is 35.5. The molecule has 1 atom stereocenters. The molecule has 1 N–H and O–H groups in total. The van der Waals surface area contributed by atoms with E-state index in [1.165, 1.54) is 0 Å². The summed E-state index contributed by atoms with van der Waals surface area (Å²) < 4.78 is 25.4. The third-order valence-corrected chi connectivity index (χ3v) is 6.96. The van der Waals surface area contributed by atoms with Gasteiger partial charge in [-0.05, 0) is 45.5 Å². The second-order valence-corrected chi connectivity index (χ2v) is 10.0. The minimum atomic E-state index is -2.97. The number of anilines is 1. The van der Waals surface area contributed by atoms with Crippen LogP contribution in [0.2, 0.25) is 5.02 Å². The van der Waals surface area contributed by atoms with Gasteiger partial charge in [-0.2, -0.15) is 5.10 Å². The van der Waals surface area contributed by atoms with Crippen LogP contribution in [0.25, 0.3) is 0 Å². The molecule has 28 heavy (non-hydrogen) atoms. The van der Waals surface area contributed by atoms with Crippen molar-refractivity contribution in [3.05, 3.63) is 46.2 Å². The molecule has 1 saturated heterocycles. The number of aryl methyl sites for hydroxylation is 1. The first-order valence-electron chi connectivity index (χ1n) is 9.13. The number of hydrogen-bond donors (Lipinski definition) is 1. The first-order chi connectivity index (χ1) is 13.1. The van der Waals surface area contributed by atoms with E-state index in [0.29, 0.717) is 23.7 Å². The molecule has 0 unspecified atom stereocenters. The standard InChI is InChI=1S/C19H25ClN4O3S/c1-13-18(14(2)24(22-13)17-7-8-28(26,27)12-17)10-23(3)11-19(25)21-16-6-4-5-15(20)9-16/h4-6,9,17H,7-8,10-12H2,1-3H3,(H,21,25)/t17-/m1/s1. The minimum absolute atomic E-state index is 0.103. The Labute approximate surface area is 170 Å². The average Bonchev–Trinajstić information content (AvgIpc) is 3.08. The van der Waals surface area contributed by atoms with E-state index in [-0.39, 0.29) is 30.0 Å². The van der Waals surface area contributed by atoms with Crippen LogP contribution in [0, 0.1) is 13.8 Å². The lowest BCUT2D eigenvalue weighted by Gasteiger charge is -2.17. The summed E-state index contributed by atoms with van der Waals surface area (Å²) >= 11 is 5.94. The maximum Gasteiger partial charge on any atom is 0.238 e. The molecule has 0 aliphatic carbocycles. The second-order valence-electron chi connectivity index (χ2n) is 7.38. The Bertz CT molecular complexity index is 987. The fourth-order valence-electron chi connectivity index (χ4n) is 3.59. The molecule has 1 aromatic heterocycles. The van der Waals surface area contributed by atoms with Crippen LogP contribution in [0.4, 0.5) is 5.69 Å². The van der Waals surface area contributed by atoms with Crippen molar-refractivity contribution in [3.63, 3.8) is 0 Å². The maximum absolute atomic E-state index is 12.3. The number of carbonyl (C=O) groups is 1. The van der Waals surface area contributed by atoms with Crippen LogP contribution in [-0.2, 0) is 21.2 Å². The van der Waals surface area contributed by atoms with Crippen molar-refractivity contribution < 1.29 is 13.2 Å². The number of sulfone groups is 1. The van der Waals surface area contributed by atoms with E-state index in [1.807, 2.05) is 30.5 Å². The number of rotatable bonds is 6. The van der Waals surface area contributed by atoms with Crippen molar-refractivity contribution in [1.82, 2.24) is 14.7 Å². The monoisotopic (exact) mass is 424 g/mol. The van der Waals surface area contributed by atoms with Crippen LogP contribution in [0.3, 0.4) is 0 Å². The fraction of sp³-hybridized carbons (Fsp3) is 0.474. The van der Waals surface area contributed by atoms with Crippen LogP contribution >= 0.6 is 11.6 Å². The second kappa shape index (κ2) is 8.23. The number of aromatic nitrogens is 2. The van der Waals surface area contributed by atoms with Crippen LogP contribution in [0.5, 0.6) is 0 Å². The molecule has 1 fully saturated rings. The third kappa shape index (κ3) is 4.92. The molecule has 3 rings (SSSR count). The van der Waals surface area contributed by atoms with Gasteiger partial charge in [-0.3, -0.25) is 14.4 Å². The lowest BCUT2D eigenvalue weighted by Crippen LogP contribution is -2.30. The summed E-state index contributed by atoms with van der Waals surface area (Å²) in [5.74, 6) is 0.232. The largest absolute Gasteiger partial charge is 0.325 e. The molecular weight excluding hydrogens is 400 g/mol. The van der Waals surface area contributed by atoms with Crippen LogP contribution < -0.4 is 5.32 Å². The van der Waals surface area contributed by atoms with Gasteiger partial charge < -0.3 is 5.32 Å². The van der Waals surface area contributed by atoms with E-state index < -0.39 is 9.84 Å². The van der Waals surface area contributed by atoms with Gasteiger partial charge in [-0.1, -0.05) is 17.7 Å². The van der Waals surface area contributed by atoms with E-state index in [9.17, 15) is 13.2 Å². The summed E-state index contributed by atoms with van der Waals surface area (Å²) in [7, 11) is -1.10. The number of likely N-dealkylation sites (N-methyl/N-ethyl adjacent to an activating group) is 1. The van der Waals surface area contributed by atoms with Crippen molar-refractivity contribution in [2.24, 2.45) is 0 Å². The van der Waals surface area contributed by atoms with Gasteiger partial charge >= 0.3 is 0 Å². The van der Waals surface area contributed by atoms with Crippen molar-refractivity contribution in [2.75, 3.05) is 30.4 Å². The van der Waals surface area contributed by atoms with Gasteiger partial charge in [-0.25, -0.2) is 8.42 Å². The minimum Gasteiger partial charge on any atom is -0.325 e. The quantitative estimate of drug-likeness (QED) is 0.770. The zero-order valence-corrected chi connectivity index (χ0v) is 17.8. The third-order valence-electron chi connectivity index (χ3n) is 4.98. The predicted octanol–water partition coefficient (Wildman–Crippen LogP) is 2.58. The molecular formula is C19H25ClN4O3S. The number of carbonyl (C=O) groups excluding carboxylic acids is 1. The summed E-state index contributed by atoms with van der Waals surface area (Å²) in [6.07, 6.45) is 0.599. The van der Waals surface area contributed by atoms with Crippen LogP contribution in [0.1, 0.15) is 29.4 Å². The number of amides is 1. The molecule has 0 bridgehead atoms. The summed E-state index contributed by atoms with van der Waals surface area (Å²) in [4.78, 5) is 14.2. The Balaban J connectivity index is 1.64. The molecule has 0 radical (unpaired) electrons.